The van der Waals surface area contributed by atoms with Gasteiger partial charge in [0.15, 0.2) is 0 Å². The summed E-state index contributed by atoms with van der Waals surface area (Å²) in [5.41, 5.74) is 1.55. The van der Waals surface area contributed by atoms with E-state index in [0.717, 1.165) is 5.69 Å². The Hall–Kier alpha value is -1.79. The lowest BCUT2D eigenvalue weighted by Crippen LogP contribution is -2.48. The third-order valence-electron chi connectivity index (χ3n) is 4.75. The molecule has 3 rings (SSSR count). The molecule has 6 nitrogen and oxygen atoms in total. The van der Waals surface area contributed by atoms with E-state index in [9.17, 15) is 14.4 Å². The number of amides is 2. The van der Waals surface area contributed by atoms with E-state index >= 15 is 0 Å². The highest BCUT2D eigenvalue weighted by Gasteiger charge is 2.34. The van der Waals surface area contributed by atoms with E-state index in [1.807, 2.05) is 17.0 Å². The Morgan fingerprint density at radius 3 is 2.36 bits per heavy atom. The summed E-state index contributed by atoms with van der Waals surface area (Å²) in [6.45, 7) is 4.61. The van der Waals surface area contributed by atoms with Crippen LogP contribution in [0.25, 0.3) is 0 Å². The molecule has 0 saturated carbocycles. The van der Waals surface area contributed by atoms with Gasteiger partial charge in [-0.3, -0.25) is 14.4 Å². The van der Waals surface area contributed by atoms with Crippen LogP contribution in [0.4, 0.5) is 11.4 Å². The predicted molar refractivity (Wildman–Crippen MR) is 97.2 cm³/mol. The summed E-state index contributed by atoms with van der Waals surface area (Å²) < 4.78 is 0. The molecular weight excluding hydrogens is 365 g/mol. The summed E-state index contributed by atoms with van der Waals surface area (Å²) in [7, 11) is 0. The molecule has 1 aromatic carbocycles. The van der Waals surface area contributed by atoms with Crippen LogP contribution in [0.5, 0.6) is 0 Å². The molecule has 2 aliphatic rings. The second-order valence-electron chi connectivity index (χ2n) is 6.34. The first kappa shape index (κ1) is 18.0. The summed E-state index contributed by atoms with van der Waals surface area (Å²) in [4.78, 5) is 40.3. The molecule has 0 bridgehead atoms. The van der Waals surface area contributed by atoms with Crippen molar-refractivity contribution in [1.29, 1.82) is 0 Å². The Morgan fingerprint density at radius 2 is 1.84 bits per heavy atom. The number of piperazine rings is 1. The Kier molecular flexibility index (Phi) is 5.20. The number of benzene rings is 1. The van der Waals surface area contributed by atoms with Gasteiger partial charge in [0.25, 0.3) is 0 Å². The minimum absolute atomic E-state index is 0.0806. The van der Waals surface area contributed by atoms with Crippen LogP contribution in [-0.4, -0.2) is 54.7 Å². The molecule has 1 atom stereocenters. The number of carbonyl (C=O) groups is 3. The number of anilines is 2. The Bertz CT molecular complexity index is 717. The largest absolute Gasteiger partial charge is 0.367 e. The lowest BCUT2D eigenvalue weighted by atomic mass is 10.1. The molecule has 0 spiro atoms. The van der Waals surface area contributed by atoms with E-state index in [2.05, 4.69) is 4.90 Å². The van der Waals surface area contributed by atoms with E-state index in [-0.39, 0.29) is 24.8 Å². The van der Waals surface area contributed by atoms with Crippen LogP contribution < -0.4 is 9.80 Å². The average Bonchev–Trinajstić information content (AvgIpc) is 2.97. The van der Waals surface area contributed by atoms with Gasteiger partial charge in [-0.25, -0.2) is 0 Å². The lowest BCUT2D eigenvalue weighted by Gasteiger charge is -2.36. The minimum atomic E-state index is -0.484. The van der Waals surface area contributed by atoms with Gasteiger partial charge in [-0.15, -0.1) is 0 Å². The molecule has 2 amide bonds. The number of nitrogens with zero attached hydrogens (tertiary/aromatic N) is 3. The number of hydrogen-bond acceptors (Lipinski definition) is 4. The van der Waals surface area contributed by atoms with E-state index in [1.54, 1.807) is 17.9 Å². The first-order valence-corrected chi connectivity index (χ1v) is 8.92. The predicted octanol–water partition coefficient (Wildman–Crippen LogP) is 2.13. The van der Waals surface area contributed by atoms with Crippen molar-refractivity contribution in [3.63, 3.8) is 0 Å². The summed E-state index contributed by atoms with van der Waals surface area (Å²) >= 11 is 11.9. The van der Waals surface area contributed by atoms with E-state index in [4.69, 9.17) is 23.2 Å². The highest BCUT2D eigenvalue weighted by atomic mass is 35.5. The van der Waals surface area contributed by atoms with Crippen molar-refractivity contribution in [3.05, 3.63) is 23.2 Å². The van der Waals surface area contributed by atoms with E-state index in [0.29, 0.717) is 36.9 Å². The quantitative estimate of drug-likeness (QED) is 0.750. The maximum absolute atomic E-state index is 12.1. The van der Waals surface area contributed by atoms with E-state index < -0.39 is 11.2 Å². The first-order valence-electron chi connectivity index (χ1n) is 8.16. The van der Waals surface area contributed by atoms with Gasteiger partial charge in [0.05, 0.1) is 16.6 Å². The third kappa shape index (κ3) is 3.75. The van der Waals surface area contributed by atoms with Gasteiger partial charge < -0.3 is 14.7 Å². The molecule has 2 fully saturated rings. The van der Waals surface area contributed by atoms with Crippen molar-refractivity contribution >= 4 is 51.6 Å². The average molecular weight is 384 g/mol. The number of halogens is 2. The molecular formula is C17H19Cl2N3O3. The molecule has 0 aromatic heterocycles. The molecule has 2 heterocycles. The molecule has 1 aromatic rings. The molecule has 25 heavy (non-hydrogen) atoms. The van der Waals surface area contributed by atoms with Crippen LogP contribution >= 0.6 is 23.2 Å². The molecule has 2 saturated heterocycles. The fraction of sp³-hybridized carbons (Fsp3) is 0.471. The first-order chi connectivity index (χ1) is 11.9. The normalized spacial score (nSPS) is 21.0. The SMILES string of the molecule is CC(=O)N1CCN(c2ccc(N3C[C@@H](C(=O)Cl)CC3=O)cc2Cl)CC1. The zero-order valence-electron chi connectivity index (χ0n) is 13.9. The van der Waals surface area contributed by atoms with Crippen molar-refractivity contribution in [3.8, 4) is 0 Å². The molecule has 2 aliphatic heterocycles. The Labute approximate surface area is 156 Å². The maximum atomic E-state index is 12.1. The third-order valence-corrected chi connectivity index (χ3v) is 5.37. The zero-order valence-corrected chi connectivity index (χ0v) is 15.4. The molecule has 0 radical (unpaired) electrons. The van der Waals surface area contributed by atoms with Crippen LogP contribution in [0.3, 0.4) is 0 Å². The van der Waals surface area contributed by atoms with Crippen LogP contribution in [0.2, 0.25) is 5.02 Å². The standard InChI is InChI=1S/C17H19Cl2N3O3/c1-11(23)20-4-6-21(7-5-20)15-3-2-13(9-14(15)18)22-10-12(17(19)25)8-16(22)24/h2-3,9,12H,4-8,10H2,1H3/t12-/m0/s1. The van der Waals surface area contributed by atoms with Crippen molar-refractivity contribution in [1.82, 2.24) is 4.90 Å². The topological polar surface area (TPSA) is 60.9 Å². The molecule has 134 valence electrons. The Balaban J connectivity index is 1.73. The fourth-order valence-corrected chi connectivity index (χ4v) is 3.73. The number of carbonyl (C=O) groups excluding carboxylic acids is 3. The second-order valence-corrected chi connectivity index (χ2v) is 7.12. The summed E-state index contributed by atoms with van der Waals surface area (Å²) in [5.74, 6) is -0.512. The Morgan fingerprint density at radius 1 is 1.16 bits per heavy atom. The smallest absolute Gasteiger partial charge is 0.227 e. The van der Waals surface area contributed by atoms with Gasteiger partial charge in [0.1, 0.15) is 0 Å². The number of hydrogen-bond donors (Lipinski definition) is 0. The van der Waals surface area contributed by atoms with Crippen LogP contribution in [0, 0.1) is 5.92 Å². The maximum Gasteiger partial charge on any atom is 0.227 e. The summed E-state index contributed by atoms with van der Waals surface area (Å²) in [5, 5.41) is 0.0594. The van der Waals surface area contributed by atoms with Crippen LogP contribution in [0.15, 0.2) is 18.2 Å². The molecule has 0 N–H and O–H groups in total. The van der Waals surface area contributed by atoms with Crippen LogP contribution in [0.1, 0.15) is 13.3 Å². The van der Waals surface area contributed by atoms with E-state index in [1.165, 1.54) is 0 Å². The molecule has 0 unspecified atom stereocenters. The molecule has 8 heteroatoms. The van der Waals surface area contributed by atoms with Crippen LogP contribution in [-0.2, 0) is 14.4 Å². The van der Waals surface area contributed by atoms with Gasteiger partial charge in [-0.2, -0.15) is 0 Å². The minimum Gasteiger partial charge on any atom is -0.367 e. The van der Waals surface area contributed by atoms with Crippen molar-refractivity contribution < 1.29 is 14.4 Å². The zero-order chi connectivity index (χ0) is 18.1. The van der Waals surface area contributed by atoms with Crippen molar-refractivity contribution in [2.45, 2.75) is 13.3 Å². The lowest BCUT2D eigenvalue weighted by molar-refractivity contribution is -0.129. The molecule has 0 aliphatic carbocycles. The van der Waals surface area contributed by atoms with Crippen molar-refractivity contribution in [2.24, 2.45) is 5.92 Å². The fourth-order valence-electron chi connectivity index (χ4n) is 3.29. The summed E-state index contributed by atoms with van der Waals surface area (Å²) in [6.07, 6.45) is 0.134. The highest BCUT2D eigenvalue weighted by molar-refractivity contribution is 6.64. The van der Waals surface area contributed by atoms with Gasteiger partial charge in [-0.05, 0) is 29.8 Å². The monoisotopic (exact) mass is 383 g/mol. The highest BCUT2D eigenvalue weighted by Crippen LogP contribution is 2.34. The van der Waals surface area contributed by atoms with Gasteiger partial charge in [0, 0.05) is 51.8 Å². The van der Waals surface area contributed by atoms with Gasteiger partial charge in [0.2, 0.25) is 17.1 Å². The van der Waals surface area contributed by atoms with Gasteiger partial charge >= 0.3 is 0 Å². The van der Waals surface area contributed by atoms with Crippen molar-refractivity contribution in [2.75, 3.05) is 42.5 Å². The number of rotatable bonds is 3. The van der Waals surface area contributed by atoms with Gasteiger partial charge in [-0.1, -0.05) is 11.6 Å². The second kappa shape index (κ2) is 7.22. The summed E-state index contributed by atoms with van der Waals surface area (Å²) in [6, 6.07) is 5.45.